The third-order valence-corrected chi connectivity index (χ3v) is 3.85. The van der Waals surface area contributed by atoms with Crippen molar-refractivity contribution in [2.24, 2.45) is 4.99 Å². The van der Waals surface area contributed by atoms with Crippen LogP contribution in [-0.2, 0) is 4.79 Å². The molecule has 0 saturated carbocycles. The molecule has 0 radical (unpaired) electrons. The van der Waals surface area contributed by atoms with Crippen LogP contribution >= 0.6 is 0 Å². The highest BCUT2D eigenvalue weighted by molar-refractivity contribution is 6.02. The van der Waals surface area contributed by atoms with Crippen LogP contribution in [-0.4, -0.2) is 42.6 Å². The monoisotopic (exact) mass is 376 g/mol. The second-order valence-corrected chi connectivity index (χ2v) is 6.05. The van der Waals surface area contributed by atoms with Crippen LogP contribution < -0.4 is 5.32 Å². The van der Waals surface area contributed by atoms with Crippen molar-refractivity contribution >= 4 is 24.4 Å². The third-order valence-electron chi connectivity index (χ3n) is 3.85. The Hall–Kier alpha value is -3.88. The lowest BCUT2D eigenvalue weighted by Crippen LogP contribution is -2.13. The van der Waals surface area contributed by atoms with Crippen LogP contribution in [0.5, 0.6) is 0 Å². The average Bonchev–Trinajstić information content (AvgIpc) is 3.29. The zero-order chi connectivity index (χ0) is 20.1. The topological polar surface area (TPSA) is 114 Å². The zero-order valence-electron chi connectivity index (χ0n) is 15.8. The molecule has 3 aromatic heterocycles. The van der Waals surface area contributed by atoms with Crippen molar-refractivity contribution in [2.75, 3.05) is 5.32 Å². The number of nitrogens with zero attached hydrogens (tertiary/aromatic N) is 6. The molecule has 0 bridgehead atoms. The largest absolute Gasteiger partial charge is 0.289 e. The molecule has 9 heteroatoms. The summed E-state index contributed by atoms with van der Waals surface area (Å²) in [5.41, 5.74) is 2.89. The van der Waals surface area contributed by atoms with E-state index in [9.17, 15) is 4.79 Å². The van der Waals surface area contributed by atoms with E-state index in [2.05, 4.69) is 42.3 Å². The summed E-state index contributed by atoms with van der Waals surface area (Å²) in [5.74, 6) is 0.829. The first-order valence-electron chi connectivity index (χ1n) is 8.52. The van der Waals surface area contributed by atoms with Crippen molar-refractivity contribution in [1.82, 2.24) is 29.9 Å². The van der Waals surface area contributed by atoms with Crippen LogP contribution in [0, 0.1) is 13.8 Å². The van der Waals surface area contributed by atoms with E-state index in [0.717, 1.165) is 11.4 Å². The van der Waals surface area contributed by atoms with Crippen molar-refractivity contribution in [3.63, 3.8) is 0 Å². The lowest BCUT2D eigenvalue weighted by Gasteiger charge is -2.03. The first-order chi connectivity index (χ1) is 13.5. The number of aromatic amines is 1. The van der Waals surface area contributed by atoms with Crippen molar-refractivity contribution in [1.29, 1.82) is 0 Å². The Morgan fingerprint density at radius 1 is 1.32 bits per heavy atom. The molecule has 3 heterocycles. The number of allylic oxidation sites excluding steroid dienone is 2. The highest BCUT2D eigenvalue weighted by atomic mass is 16.1. The number of carbonyl (C=O) groups is 1. The van der Waals surface area contributed by atoms with E-state index < -0.39 is 0 Å². The van der Waals surface area contributed by atoms with Gasteiger partial charge in [0.15, 0.2) is 11.6 Å². The minimum absolute atomic E-state index is 0.169. The molecular formula is C19H20N8O. The number of pyridine rings is 1. The Morgan fingerprint density at radius 2 is 2.14 bits per heavy atom. The van der Waals surface area contributed by atoms with Crippen molar-refractivity contribution < 1.29 is 4.79 Å². The number of rotatable bonds is 6. The Kier molecular flexibility index (Phi) is 5.54. The first kappa shape index (κ1) is 18.9. The molecule has 0 aliphatic rings. The number of H-pyrrole nitrogens is 1. The third kappa shape index (κ3) is 4.26. The smallest absolute Gasteiger partial charge is 0.253 e. The zero-order valence-corrected chi connectivity index (χ0v) is 15.8. The second-order valence-electron chi connectivity index (χ2n) is 6.05. The predicted octanol–water partition coefficient (Wildman–Crippen LogP) is 2.76. The Morgan fingerprint density at radius 3 is 2.79 bits per heavy atom. The summed E-state index contributed by atoms with van der Waals surface area (Å²) in [5, 5.41) is 13.7. The van der Waals surface area contributed by atoms with Gasteiger partial charge < -0.3 is 0 Å². The van der Waals surface area contributed by atoms with Crippen LogP contribution in [0.4, 0.5) is 5.95 Å². The summed E-state index contributed by atoms with van der Waals surface area (Å²) < 4.78 is 1.67. The fourth-order valence-electron chi connectivity index (χ4n) is 2.46. The minimum Gasteiger partial charge on any atom is -0.289 e. The van der Waals surface area contributed by atoms with Gasteiger partial charge in [-0.1, -0.05) is 12.1 Å². The summed E-state index contributed by atoms with van der Waals surface area (Å²) in [6.45, 7) is 9.07. The summed E-state index contributed by atoms with van der Waals surface area (Å²) in [6, 6.07) is 7.38. The van der Waals surface area contributed by atoms with Gasteiger partial charge in [-0.25, -0.2) is 9.67 Å². The number of hydrogen-bond donors (Lipinski definition) is 2. The van der Waals surface area contributed by atoms with Crippen molar-refractivity contribution in [2.45, 2.75) is 20.8 Å². The number of aryl methyl sites for hydroxylation is 2. The first-order valence-corrected chi connectivity index (χ1v) is 8.52. The van der Waals surface area contributed by atoms with Crippen LogP contribution in [0.2, 0.25) is 0 Å². The SMILES string of the molecule is C=N/C(=C\C=C(/C)C(=O)Nc1n[nH]c(-c2ccccn2)n1)n1nc(C)cc1C. The maximum atomic E-state index is 12.4. The molecular weight excluding hydrogens is 356 g/mol. The summed E-state index contributed by atoms with van der Waals surface area (Å²) in [4.78, 5) is 24.8. The summed E-state index contributed by atoms with van der Waals surface area (Å²) in [7, 11) is 0. The molecule has 0 saturated heterocycles. The van der Waals surface area contributed by atoms with Gasteiger partial charge in [-0.3, -0.25) is 20.2 Å². The summed E-state index contributed by atoms with van der Waals surface area (Å²) in [6.07, 6.45) is 4.98. The highest BCUT2D eigenvalue weighted by Crippen LogP contribution is 2.14. The van der Waals surface area contributed by atoms with Gasteiger partial charge in [0.1, 0.15) is 5.69 Å². The molecule has 0 spiro atoms. The molecule has 142 valence electrons. The van der Waals surface area contributed by atoms with E-state index in [0.29, 0.717) is 22.9 Å². The lowest BCUT2D eigenvalue weighted by atomic mass is 10.2. The molecule has 0 aliphatic carbocycles. The standard InChI is InChI=1S/C19H20N8O/c1-12(8-9-16(20-4)27-14(3)11-13(2)26-27)18(28)23-19-22-17(24-25-19)15-7-5-6-10-21-15/h5-11H,4H2,1-3H3,(H2,22,23,24,25,28)/b12-8+,16-9+. The van der Waals surface area contributed by atoms with E-state index in [4.69, 9.17) is 0 Å². The molecule has 0 aromatic carbocycles. The summed E-state index contributed by atoms with van der Waals surface area (Å²) >= 11 is 0. The van der Waals surface area contributed by atoms with E-state index in [1.807, 2.05) is 32.0 Å². The van der Waals surface area contributed by atoms with Crippen LogP contribution in [0.1, 0.15) is 18.3 Å². The van der Waals surface area contributed by atoms with E-state index in [1.165, 1.54) is 0 Å². The van der Waals surface area contributed by atoms with Crippen molar-refractivity contribution in [3.8, 4) is 11.5 Å². The number of hydrogen-bond acceptors (Lipinski definition) is 6. The van der Waals surface area contributed by atoms with Gasteiger partial charge in [0.25, 0.3) is 5.91 Å². The molecule has 0 aliphatic heterocycles. The van der Waals surface area contributed by atoms with Crippen LogP contribution in [0.3, 0.4) is 0 Å². The van der Waals surface area contributed by atoms with Gasteiger partial charge in [0.05, 0.1) is 5.69 Å². The number of nitrogens with one attached hydrogen (secondary N) is 2. The molecule has 3 aromatic rings. The predicted molar refractivity (Wildman–Crippen MR) is 108 cm³/mol. The van der Waals surface area contributed by atoms with E-state index in [1.54, 1.807) is 36.0 Å². The van der Waals surface area contributed by atoms with Gasteiger partial charge in [0.2, 0.25) is 5.95 Å². The van der Waals surface area contributed by atoms with Crippen molar-refractivity contribution in [3.05, 3.63) is 59.6 Å². The van der Waals surface area contributed by atoms with E-state index >= 15 is 0 Å². The lowest BCUT2D eigenvalue weighted by molar-refractivity contribution is -0.112. The van der Waals surface area contributed by atoms with Gasteiger partial charge in [-0.15, -0.1) is 5.10 Å². The molecule has 9 nitrogen and oxygen atoms in total. The molecule has 3 rings (SSSR count). The normalized spacial score (nSPS) is 12.1. The Labute approximate surface area is 162 Å². The van der Waals surface area contributed by atoms with Gasteiger partial charge in [0, 0.05) is 17.5 Å². The molecule has 28 heavy (non-hydrogen) atoms. The van der Waals surface area contributed by atoms with E-state index in [-0.39, 0.29) is 11.9 Å². The van der Waals surface area contributed by atoms with Crippen LogP contribution in [0.25, 0.3) is 17.3 Å². The van der Waals surface area contributed by atoms with Gasteiger partial charge in [-0.2, -0.15) is 10.1 Å². The molecule has 2 N–H and O–H groups in total. The molecule has 0 unspecified atom stereocenters. The maximum absolute atomic E-state index is 12.4. The fourth-order valence-corrected chi connectivity index (χ4v) is 2.46. The minimum atomic E-state index is -0.334. The quantitative estimate of drug-likeness (QED) is 0.390. The Bertz CT molecular complexity index is 1060. The molecule has 1 amide bonds. The molecule has 0 atom stereocenters. The number of carbonyl (C=O) groups excluding carboxylic acids is 1. The number of amides is 1. The fraction of sp³-hybridized carbons (Fsp3) is 0.158. The van der Waals surface area contributed by atoms with Gasteiger partial charge >= 0.3 is 0 Å². The number of aliphatic imine (C=N–C) groups is 1. The molecule has 0 fully saturated rings. The Balaban J connectivity index is 1.73. The number of aromatic nitrogens is 6. The highest BCUT2D eigenvalue weighted by Gasteiger charge is 2.11. The average molecular weight is 376 g/mol. The number of anilines is 1. The second kappa shape index (κ2) is 8.21. The van der Waals surface area contributed by atoms with Gasteiger partial charge in [-0.05, 0) is 51.8 Å². The maximum Gasteiger partial charge on any atom is 0.253 e. The van der Waals surface area contributed by atoms with Crippen LogP contribution in [0.15, 0.2) is 53.2 Å².